The third-order valence-electron chi connectivity index (χ3n) is 5.58. The summed E-state index contributed by atoms with van der Waals surface area (Å²) in [5.74, 6) is 0.980. The fraction of sp³-hybridized carbons (Fsp3) is 0.348. The highest BCUT2D eigenvalue weighted by molar-refractivity contribution is 5.94. The van der Waals surface area contributed by atoms with Gasteiger partial charge in [0.2, 0.25) is 0 Å². The molecule has 5 nitrogen and oxygen atoms in total. The lowest BCUT2D eigenvalue weighted by Gasteiger charge is -2.25. The van der Waals surface area contributed by atoms with E-state index in [0.29, 0.717) is 6.04 Å². The van der Waals surface area contributed by atoms with E-state index in [4.69, 9.17) is 4.84 Å². The average molecular weight is 377 g/mol. The quantitative estimate of drug-likeness (QED) is 0.811. The van der Waals surface area contributed by atoms with Crippen molar-refractivity contribution in [1.82, 2.24) is 9.80 Å². The molecule has 0 aromatic heterocycles. The number of carbonyl (C=O) groups excluding carboxylic acids is 1. The van der Waals surface area contributed by atoms with Crippen molar-refractivity contribution in [3.8, 4) is 0 Å². The molecular formula is C23H27N3O2. The summed E-state index contributed by atoms with van der Waals surface area (Å²) in [6.07, 6.45) is 3.14. The van der Waals surface area contributed by atoms with Crippen molar-refractivity contribution in [2.45, 2.75) is 25.4 Å². The first-order valence-corrected chi connectivity index (χ1v) is 9.79. The Hall–Kier alpha value is -2.79. The summed E-state index contributed by atoms with van der Waals surface area (Å²) in [6, 6.07) is 18.5. The van der Waals surface area contributed by atoms with E-state index in [2.05, 4.69) is 37.2 Å². The molecule has 0 N–H and O–H groups in total. The third-order valence-corrected chi connectivity index (χ3v) is 5.58. The van der Waals surface area contributed by atoms with Crippen molar-refractivity contribution in [3.63, 3.8) is 0 Å². The van der Waals surface area contributed by atoms with Crippen molar-refractivity contribution in [2.24, 2.45) is 0 Å². The number of hydrogen-bond acceptors (Lipinski definition) is 4. The molecule has 2 aliphatic heterocycles. The van der Waals surface area contributed by atoms with Gasteiger partial charge in [-0.05, 0) is 63.3 Å². The molecule has 28 heavy (non-hydrogen) atoms. The number of rotatable bonds is 4. The number of amides is 1. The van der Waals surface area contributed by atoms with Gasteiger partial charge in [0.1, 0.15) is 11.8 Å². The van der Waals surface area contributed by atoms with Crippen molar-refractivity contribution >= 4 is 11.6 Å². The Bertz CT molecular complexity index is 861. The lowest BCUT2D eigenvalue weighted by Crippen LogP contribution is -2.34. The highest BCUT2D eigenvalue weighted by Crippen LogP contribution is 2.35. The van der Waals surface area contributed by atoms with Crippen LogP contribution in [-0.2, 0) is 4.84 Å². The van der Waals surface area contributed by atoms with Gasteiger partial charge < -0.3 is 14.6 Å². The molecule has 0 saturated carbocycles. The van der Waals surface area contributed by atoms with Crippen LogP contribution in [0.5, 0.6) is 0 Å². The van der Waals surface area contributed by atoms with Crippen LogP contribution in [0.4, 0.5) is 5.69 Å². The molecule has 2 aromatic carbocycles. The fourth-order valence-electron chi connectivity index (χ4n) is 3.91. The second-order valence-electron chi connectivity index (χ2n) is 7.75. The summed E-state index contributed by atoms with van der Waals surface area (Å²) in [6.45, 7) is 3.57. The Morgan fingerprint density at radius 3 is 2.43 bits per heavy atom. The summed E-state index contributed by atoms with van der Waals surface area (Å²) in [4.78, 5) is 22.9. The normalized spacial score (nSPS) is 21.8. The molecule has 0 aliphatic carbocycles. The Morgan fingerprint density at radius 1 is 1.07 bits per heavy atom. The largest absolute Gasteiger partial charge is 0.384 e. The van der Waals surface area contributed by atoms with Crippen LogP contribution < -0.4 is 5.06 Å². The molecule has 0 radical (unpaired) electrons. The van der Waals surface area contributed by atoms with Crippen molar-refractivity contribution < 1.29 is 9.63 Å². The zero-order valence-electron chi connectivity index (χ0n) is 16.7. The molecule has 2 aliphatic rings. The van der Waals surface area contributed by atoms with E-state index in [1.54, 1.807) is 0 Å². The van der Waals surface area contributed by atoms with Crippen LogP contribution in [0.25, 0.3) is 0 Å². The number of carbonyl (C=O) groups is 1. The molecule has 2 unspecified atom stereocenters. The molecule has 2 heterocycles. The van der Waals surface area contributed by atoms with Gasteiger partial charge in [-0.3, -0.25) is 4.79 Å². The maximum atomic E-state index is 12.8. The molecule has 1 saturated heterocycles. The Balaban J connectivity index is 1.49. The smallest absolute Gasteiger partial charge is 0.253 e. The molecule has 0 bridgehead atoms. The Kier molecular flexibility index (Phi) is 5.09. The van der Waals surface area contributed by atoms with E-state index in [-0.39, 0.29) is 11.9 Å². The molecule has 2 aromatic rings. The zero-order chi connectivity index (χ0) is 19.7. The summed E-state index contributed by atoms with van der Waals surface area (Å²) >= 11 is 0. The topological polar surface area (TPSA) is 36.0 Å². The van der Waals surface area contributed by atoms with Crippen molar-refractivity contribution in [3.05, 3.63) is 77.6 Å². The van der Waals surface area contributed by atoms with Gasteiger partial charge in [-0.2, -0.15) is 5.06 Å². The van der Waals surface area contributed by atoms with Gasteiger partial charge in [0, 0.05) is 24.7 Å². The average Bonchev–Trinajstić information content (AvgIpc) is 3.35. The molecular weight excluding hydrogens is 350 g/mol. The number of hydrogen-bond donors (Lipinski definition) is 0. The summed E-state index contributed by atoms with van der Waals surface area (Å²) in [5.41, 5.74) is 2.83. The molecule has 1 amide bonds. The molecule has 4 rings (SSSR count). The first kappa shape index (κ1) is 18.6. The maximum absolute atomic E-state index is 12.8. The number of hydroxylamine groups is 1. The molecule has 0 spiro atoms. The van der Waals surface area contributed by atoms with Crippen molar-refractivity contribution in [2.75, 3.05) is 32.2 Å². The second kappa shape index (κ2) is 7.68. The van der Waals surface area contributed by atoms with Crippen LogP contribution in [0.1, 0.15) is 35.3 Å². The Morgan fingerprint density at radius 2 is 1.79 bits per heavy atom. The van der Waals surface area contributed by atoms with Gasteiger partial charge in [0.25, 0.3) is 5.91 Å². The number of likely N-dealkylation sites (N-methyl/N-ethyl adjacent to an activating group) is 1. The number of allylic oxidation sites excluding steroid dienone is 1. The van der Waals surface area contributed by atoms with Crippen LogP contribution >= 0.6 is 0 Å². The van der Waals surface area contributed by atoms with Crippen LogP contribution in [0, 0.1) is 0 Å². The van der Waals surface area contributed by atoms with E-state index in [0.717, 1.165) is 36.5 Å². The van der Waals surface area contributed by atoms with Gasteiger partial charge in [0.15, 0.2) is 0 Å². The minimum Gasteiger partial charge on any atom is -0.384 e. The Labute approximate surface area is 166 Å². The van der Waals surface area contributed by atoms with E-state index in [9.17, 15) is 4.79 Å². The number of likely N-dealkylation sites (tertiary alicyclic amines) is 1. The third kappa shape index (κ3) is 3.62. The van der Waals surface area contributed by atoms with Crippen LogP contribution in [0.3, 0.4) is 0 Å². The monoisotopic (exact) mass is 377 g/mol. The van der Waals surface area contributed by atoms with Crippen LogP contribution in [0.2, 0.25) is 0 Å². The lowest BCUT2D eigenvalue weighted by molar-refractivity contribution is 0.0783. The number of nitrogens with zero attached hydrogens (tertiary/aromatic N) is 3. The summed E-state index contributed by atoms with van der Waals surface area (Å²) in [7, 11) is 4.14. The first-order chi connectivity index (χ1) is 13.5. The number of anilines is 1. The first-order valence-electron chi connectivity index (χ1n) is 9.79. The standard InChI is InChI=1S/C23H27N3O2/c1-17-15-22(18-7-5-4-6-8-18)26(28-17)20-11-9-19(10-12-20)23(27)25-14-13-21(16-25)24(2)3/h4-12,15,21-22H,13-14,16H2,1-3H3. The maximum Gasteiger partial charge on any atom is 0.253 e. The van der Waals surface area contributed by atoms with Crippen LogP contribution in [-0.4, -0.2) is 48.9 Å². The van der Waals surface area contributed by atoms with E-state index >= 15 is 0 Å². The minimum absolute atomic E-state index is 0.0298. The van der Waals surface area contributed by atoms with Gasteiger partial charge in [0.05, 0.1) is 5.69 Å². The lowest BCUT2D eigenvalue weighted by atomic mass is 10.1. The van der Waals surface area contributed by atoms with E-state index in [1.165, 1.54) is 5.56 Å². The second-order valence-corrected chi connectivity index (χ2v) is 7.75. The minimum atomic E-state index is 0.0298. The highest BCUT2D eigenvalue weighted by atomic mass is 16.7. The van der Waals surface area contributed by atoms with Gasteiger partial charge in [-0.25, -0.2) is 0 Å². The predicted octanol–water partition coefficient (Wildman–Crippen LogP) is 3.86. The highest BCUT2D eigenvalue weighted by Gasteiger charge is 2.29. The molecule has 146 valence electrons. The number of benzene rings is 2. The molecule has 5 heteroatoms. The fourth-order valence-corrected chi connectivity index (χ4v) is 3.91. The summed E-state index contributed by atoms with van der Waals surface area (Å²) < 4.78 is 0. The predicted molar refractivity (Wildman–Crippen MR) is 111 cm³/mol. The van der Waals surface area contributed by atoms with Gasteiger partial charge in [-0.1, -0.05) is 30.3 Å². The van der Waals surface area contributed by atoms with Gasteiger partial charge >= 0.3 is 0 Å². The zero-order valence-corrected chi connectivity index (χ0v) is 16.7. The van der Waals surface area contributed by atoms with Crippen molar-refractivity contribution in [1.29, 1.82) is 0 Å². The van der Waals surface area contributed by atoms with Crippen LogP contribution in [0.15, 0.2) is 66.4 Å². The molecule has 1 fully saturated rings. The SMILES string of the molecule is CC1=CC(c2ccccc2)N(c2ccc(C(=O)N3CCC(N(C)C)C3)cc2)O1. The van der Waals surface area contributed by atoms with E-state index in [1.807, 2.05) is 59.4 Å². The van der Waals surface area contributed by atoms with Gasteiger partial charge in [-0.15, -0.1) is 0 Å². The molecule has 2 atom stereocenters. The summed E-state index contributed by atoms with van der Waals surface area (Å²) in [5, 5.41) is 1.90. The van der Waals surface area contributed by atoms with E-state index < -0.39 is 0 Å².